The van der Waals surface area contributed by atoms with E-state index in [-0.39, 0.29) is 12.1 Å². The van der Waals surface area contributed by atoms with Gasteiger partial charge in [0.05, 0.1) is 12.1 Å². The van der Waals surface area contributed by atoms with Gasteiger partial charge in [0.15, 0.2) is 0 Å². The van der Waals surface area contributed by atoms with Crippen molar-refractivity contribution in [2.45, 2.75) is 77.5 Å². The van der Waals surface area contributed by atoms with Crippen LogP contribution in [0, 0.1) is 6.92 Å². The average molecular weight is 300 g/mol. The summed E-state index contributed by atoms with van der Waals surface area (Å²) >= 11 is 0. The second-order valence-electron chi connectivity index (χ2n) is 7.32. The molecule has 1 N–H and O–H groups in total. The number of aryl methyl sites for hydroxylation is 1. The van der Waals surface area contributed by atoms with E-state index in [9.17, 15) is 4.79 Å². The van der Waals surface area contributed by atoms with Crippen LogP contribution in [0.2, 0.25) is 0 Å². The van der Waals surface area contributed by atoms with E-state index in [1.165, 1.54) is 23.1 Å². The number of carbonyl (C=O) groups excluding carboxylic acids is 1. The number of piperidine rings is 1. The van der Waals surface area contributed by atoms with Crippen LogP contribution >= 0.6 is 0 Å². The Hall–Kier alpha value is -1.35. The van der Waals surface area contributed by atoms with Crippen LogP contribution in [-0.4, -0.2) is 28.9 Å². The summed E-state index contributed by atoms with van der Waals surface area (Å²) < 4.78 is 0. The molecule has 0 aliphatic carbocycles. The van der Waals surface area contributed by atoms with Gasteiger partial charge in [-0.05, 0) is 50.7 Å². The third kappa shape index (κ3) is 2.79. The van der Waals surface area contributed by atoms with Crippen LogP contribution in [0.4, 0.5) is 0 Å². The van der Waals surface area contributed by atoms with Gasteiger partial charge in [0, 0.05) is 12.1 Å². The van der Waals surface area contributed by atoms with Crippen molar-refractivity contribution >= 4 is 5.91 Å². The van der Waals surface area contributed by atoms with Gasteiger partial charge in [-0.2, -0.15) is 0 Å². The normalized spacial score (nSPS) is 28.3. The van der Waals surface area contributed by atoms with E-state index in [2.05, 4.69) is 56.1 Å². The number of hydrogen-bond donors (Lipinski definition) is 1. The first-order valence-electron chi connectivity index (χ1n) is 8.65. The predicted molar refractivity (Wildman–Crippen MR) is 89.8 cm³/mol. The smallest absolute Gasteiger partial charge is 0.240 e. The first kappa shape index (κ1) is 15.5. The van der Waals surface area contributed by atoms with E-state index in [1.54, 1.807) is 0 Å². The highest BCUT2D eigenvalue weighted by Gasteiger charge is 2.40. The summed E-state index contributed by atoms with van der Waals surface area (Å²) in [5, 5.41) is 3.49. The molecule has 3 heteroatoms. The summed E-state index contributed by atoms with van der Waals surface area (Å²) in [4.78, 5) is 15.3. The number of nitrogens with one attached hydrogen (secondary N) is 1. The molecular formula is C19H28N2O. The molecule has 22 heavy (non-hydrogen) atoms. The molecule has 3 nitrogen and oxygen atoms in total. The number of benzene rings is 1. The summed E-state index contributed by atoms with van der Waals surface area (Å²) in [6.07, 6.45) is 4.25. The Bertz CT molecular complexity index is 567. The summed E-state index contributed by atoms with van der Waals surface area (Å²) in [5.74, 6) is 0.291. The summed E-state index contributed by atoms with van der Waals surface area (Å²) in [6.45, 7) is 8.58. The Kier molecular flexibility index (Phi) is 4.26. The van der Waals surface area contributed by atoms with Gasteiger partial charge in [0.1, 0.15) is 0 Å². The molecule has 0 radical (unpaired) electrons. The number of hydrogen-bond acceptors (Lipinski definition) is 2. The predicted octanol–water partition coefficient (Wildman–Crippen LogP) is 3.36. The molecule has 2 aliphatic rings. The van der Waals surface area contributed by atoms with Gasteiger partial charge in [-0.1, -0.05) is 37.6 Å². The monoisotopic (exact) mass is 300 g/mol. The topological polar surface area (TPSA) is 32.3 Å². The van der Waals surface area contributed by atoms with Crippen LogP contribution < -0.4 is 5.32 Å². The first-order valence-corrected chi connectivity index (χ1v) is 8.65. The van der Waals surface area contributed by atoms with Crippen LogP contribution in [0.5, 0.6) is 0 Å². The number of amides is 1. The molecule has 2 heterocycles. The Morgan fingerprint density at radius 3 is 2.77 bits per heavy atom. The van der Waals surface area contributed by atoms with E-state index in [1.807, 2.05) is 0 Å². The number of carbonyl (C=O) groups is 1. The largest absolute Gasteiger partial charge is 0.332 e. The molecule has 1 unspecified atom stereocenters. The minimum atomic E-state index is -0.0907. The molecule has 120 valence electrons. The van der Waals surface area contributed by atoms with Crippen LogP contribution in [-0.2, 0) is 11.2 Å². The number of fused-ring (bicyclic) bond motifs is 3. The molecule has 1 saturated heterocycles. The molecule has 1 aromatic rings. The fourth-order valence-corrected chi connectivity index (χ4v) is 4.10. The van der Waals surface area contributed by atoms with Crippen molar-refractivity contribution in [2.24, 2.45) is 0 Å². The Labute approximate surface area is 134 Å². The lowest BCUT2D eigenvalue weighted by Gasteiger charge is -2.41. The van der Waals surface area contributed by atoms with E-state index < -0.39 is 0 Å². The van der Waals surface area contributed by atoms with Gasteiger partial charge in [-0.25, -0.2) is 0 Å². The molecule has 0 saturated carbocycles. The third-order valence-corrected chi connectivity index (χ3v) is 5.08. The Balaban J connectivity index is 2.06. The van der Waals surface area contributed by atoms with Crippen molar-refractivity contribution < 1.29 is 4.79 Å². The average Bonchev–Trinajstić information content (AvgIpc) is 2.56. The summed E-state index contributed by atoms with van der Waals surface area (Å²) in [7, 11) is 0. The van der Waals surface area contributed by atoms with Gasteiger partial charge in [0.25, 0.3) is 0 Å². The number of nitrogens with zero attached hydrogens (tertiary/aromatic N) is 1. The van der Waals surface area contributed by atoms with Crippen molar-refractivity contribution in [1.29, 1.82) is 0 Å². The molecule has 0 spiro atoms. The molecule has 1 aromatic carbocycles. The lowest BCUT2D eigenvalue weighted by atomic mass is 9.89. The highest BCUT2D eigenvalue weighted by atomic mass is 16.2. The summed E-state index contributed by atoms with van der Waals surface area (Å²) in [5.41, 5.74) is 4.02. The van der Waals surface area contributed by atoms with Crippen LogP contribution in [0.25, 0.3) is 0 Å². The Morgan fingerprint density at radius 1 is 1.27 bits per heavy atom. The SMILES string of the molecule is Cc1ccc2c(c1)C1CCC[C@@H](C)N1C(=O)[C@@H](NC(C)C)C2. The maximum Gasteiger partial charge on any atom is 0.240 e. The maximum absolute atomic E-state index is 13.1. The van der Waals surface area contributed by atoms with Crippen molar-refractivity contribution in [2.75, 3.05) is 0 Å². The van der Waals surface area contributed by atoms with Crippen LogP contribution in [0.15, 0.2) is 18.2 Å². The zero-order valence-electron chi connectivity index (χ0n) is 14.2. The molecule has 1 fully saturated rings. The molecule has 1 amide bonds. The van der Waals surface area contributed by atoms with E-state index >= 15 is 0 Å². The molecule has 3 rings (SSSR count). The number of rotatable bonds is 2. The van der Waals surface area contributed by atoms with E-state index in [0.29, 0.717) is 18.0 Å². The minimum absolute atomic E-state index is 0.0907. The highest BCUT2D eigenvalue weighted by molar-refractivity contribution is 5.84. The highest BCUT2D eigenvalue weighted by Crippen LogP contribution is 2.39. The molecular weight excluding hydrogens is 272 g/mol. The zero-order chi connectivity index (χ0) is 15.9. The zero-order valence-corrected chi connectivity index (χ0v) is 14.2. The molecule has 3 atom stereocenters. The van der Waals surface area contributed by atoms with Crippen molar-refractivity contribution in [3.8, 4) is 0 Å². The van der Waals surface area contributed by atoms with Gasteiger partial charge in [-0.3, -0.25) is 4.79 Å². The van der Waals surface area contributed by atoms with Crippen molar-refractivity contribution in [3.63, 3.8) is 0 Å². The van der Waals surface area contributed by atoms with Gasteiger partial charge < -0.3 is 10.2 Å². The maximum atomic E-state index is 13.1. The van der Waals surface area contributed by atoms with E-state index in [0.717, 1.165) is 19.3 Å². The fraction of sp³-hybridized carbons (Fsp3) is 0.632. The van der Waals surface area contributed by atoms with Crippen LogP contribution in [0.1, 0.15) is 62.8 Å². The first-order chi connectivity index (χ1) is 10.5. The van der Waals surface area contributed by atoms with E-state index in [4.69, 9.17) is 0 Å². The second-order valence-corrected chi connectivity index (χ2v) is 7.32. The van der Waals surface area contributed by atoms with Gasteiger partial charge in [0.2, 0.25) is 5.91 Å². The minimum Gasteiger partial charge on any atom is -0.332 e. The quantitative estimate of drug-likeness (QED) is 0.908. The lowest BCUT2D eigenvalue weighted by molar-refractivity contribution is -0.140. The Morgan fingerprint density at radius 2 is 2.05 bits per heavy atom. The third-order valence-electron chi connectivity index (χ3n) is 5.08. The van der Waals surface area contributed by atoms with Crippen LogP contribution in [0.3, 0.4) is 0 Å². The fourth-order valence-electron chi connectivity index (χ4n) is 4.10. The standard InChI is InChI=1S/C19H28N2O/c1-12(2)20-17-11-15-9-8-13(3)10-16(15)18-7-5-6-14(4)21(18)19(17)22/h8-10,12,14,17-18,20H,5-7,11H2,1-4H3/t14-,17+,18?/m1/s1. The van der Waals surface area contributed by atoms with Crippen molar-refractivity contribution in [3.05, 3.63) is 34.9 Å². The molecule has 0 bridgehead atoms. The summed E-state index contributed by atoms with van der Waals surface area (Å²) in [6, 6.07) is 7.55. The van der Waals surface area contributed by atoms with Gasteiger partial charge >= 0.3 is 0 Å². The lowest BCUT2D eigenvalue weighted by Crippen LogP contribution is -2.52. The molecule has 2 aliphatic heterocycles. The van der Waals surface area contributed by atoms with Crippen molar-refractivity contribution in [1.82, 2.24) is 10.2 Å². The molecule has 0 aromatic heterocycles. The second kappa shape index (κ2) is 6.04. The van der Waals surface area contributed by atoms with Gasteiger partial charge in [-0.15, -0.1) is 0 Å².